The van der Waals surface area contributed by atoms with Crippen molar-refractivity contribution >= 4 is 22.7 Å². The molecule has 1 fully saturated rings. The molecular weight excluding hydrogens is 224 g/mol. The van der Waals surface area contributed by atoms with Crippen molar-refractivity contribution in [2.24, 2.45) is 0 Å². The molecule has 2 nitrogen and oxygen atoms in total. The van der Waals surface area contributed by atoms with Crippen LogP contribution in [0.3, 0.4) is 0 Å². The Morgan fingerprint density at radius 2 is 2.40 bits per heavy atom. The molecule has 0 radical (unpaired) electrons. The first kappa shape index (κ1) is 9.51. The lowest BCUT2D eigenvalue weighted by atomic mass is 10.2. The first-order valence-electron chi connectivity index (χ1n) is 5.15. The Kier molecular flexibility index (Phi) is 2.56. The third-order valence-corrected chi connectivity index (χ3v) is 4.34. The van der Waals surface area contributed by atoms with Crippen LogP contribution in [0.25, 0.3) is 11.3 Å². The fourth-order valence-electron chi connectivity index (χ4n) is 1.89. The zero-order valence-corrected chi connectivity index (χ0v) is 9.90. The number of hydrogen-bond donors (Lipinski definition) is 1. The lowest BCUT2D eigenvalue weighted by Crippen LogP contribution is -2.12. The lowest BCUT2D eigenvalue weighted by molar-refractivity contribution is 0.643. The van der Waals surface area contributed by atoms with E-state index in [1.807, 2.05) is 0 Å². The van der Waals surface area contributed by atoms with Crippen LogP contribution in [0.2, 0.25) is 0 Å². The Morgan fingerprint density at radius 3 is 3.13 bits per heavy atom. The SMILES string of the molecule is c1cc(-c2csc(C3CCCN3)n2)cs1. The average molecular weight is 236 g/mol. The Bertz CT molecular complexity index is 427. The number of hydrogen-bond acceptors (Lipinski definition) is 4. The van der Waals surface area contributed by atoms with E-state index in [0.717, 1.165) is 12.2 Å². The van der Waals surface area contributed by atoms with Crippen LogP contribution in [-0.4, -0.2) is 11.5 Å². The summed E-state index contributed by atoms with van der Waals surface area (Å²) in [5, 5.41) is 11.1. The van der Waals surface area contributed by atoms with Crippen LogP contribution in [0.15, 0.2) is 22.2 Å². The number of thiazole rings is 1. The van der Waals surface area contributed by atoms with E-state index in [9.17, 15) is 0 Å². The van der Waals surface area contributed by atoms with Crippen molar-refractivity contribution in [3.63, 3.8) is 0 Å². The van der Waals surface area contributed by atoms with Gasteiger partial charge in [0.2, 0.25) is 0 Å². The highest BCUT2D eigenvalue weighted by atomic mass is 32.1. The second kappa shape index (κ2) is 4.04. The minimum atomic E-state index is 0.502. The molecule has 0 aliphatic carbocycles. The fourth-order valence-corrected chi connectivity index (χ4v) is 3.47. The molecule has 0 saturated carbocycles. The molecule has 0 amide bonds. The molecule has 3 heterocycles. The van der Waals surface area contributed by atoms with Crippen LogP contribution < -0.4 is 5.32 Å². The van der Waals surface area contributed by atoms with Crippen LogP contribution in [0.4, 0.5) is 0 Å². The van der Waals surface area contributed by atoms with Gasteiger partial charge in [0.25, 0.3) is 0 Å². The Balaban J connectivity index is 1.87. The third kappa shape index (κ3) is 1.85. The number of rotatable bonds is 2. The summed E-state index contributed by atoms with van der Waals surface area (Å²) in [6.45, 7) is 1.14. The van der Waals surface area contributed by atoms with Crippen molar-refractivity contribution in [3.8, 4) is 11.3 Å². The molecule has 15 heavy (non-hydrogen) atoms. The standard InChI is InChI=1S/C11H12N2S2/c1-2-9(12-4-1)11-13-10(7-15-11)8-3-5-14-6-8/h3,5-7,9,12H,1-2,4H2. The van der Waals surface area contributed by atoms with Gasteiger partial charge in [-0.05, 0) is 30.8 Å². The summed E-state index contributed by atoms with van der Waals surface area (Å²) in [5.41, 5.74) is 2.38. The molecule has 4 heteroatoms. The highest BCUT2D eigenvalue weighted by Crippen LogP contribution is 2.30. The van der Waals surface area contributed by atoms with Gasteiger partial charge < -0.3 is 5.32 Å². The zero-order chi connectivity index (χ0) is 10.1. The van der Waals surface area contributed by atoms with E-state index >= 15 is 0 Å². The van der Waals surface area contributed by atoms with E-state index in [2.05, 4.69) is 27.5 Å². The van der Waals surface area contributed by atoms with Crippen molar-refractivity contribution in [1.82, 2.24) is 10.3 Å². The second-order valence-electron chi connectivity index (χ2n) is 3.73. The summed E-state index contributed by atoms with van der Waals surface area (Å²) in [6.07, 6.45) is 2.51. The first-order chi connectivity index (χ1) is 7.43. The molecular formula is C11H12N2S2. The number of nitrogens with one attached hydrogen (secondary N) is 1. The van der Waals surface area contributed by atoms with E-state index in [1.165, 1.54) is 23.4 Å². The second-order valence-corrected chi connectivity index (χ2v) is 5.40. The number of aromatic nitrogens is 1. The topological polar surface area (TPSA) is 24.9 Å². The van der Waals surface area contributed by atoms with Gasteiger partial charge in [-0.2, -0.15) is 11.3 Å². The van der Waals surface area contributed by atoms with Crippen molar-refractivity contribution < 1.29 is 0 Å². The lowest BCUT2D eigenvalue weighted by Gasteiger charge is -2.04. The van der Waals surface area contributed by atoms with Crippen LogP contribution >= 0.6 is 22.7 Å². The van der Waals surface area contributed by atoms with Gasteiger partial charge in [0.1, 0.15) is 5.01 Å². The number of nitrogens with zero attached hydrogens (tertiary/aromatic N) is 1. The molecule has 3 rings (SSSR count). The van der Waals surface area contributed by atoms with E-state index < -0.39 is 0 Å². The highest BCUT2D eigenvalue weighted by molar-refractivity contribution is 7.10. The summed E-state index contributed by atoms with van der Waals surface area (Å²) in [6, 6.07) is 2.63. The van der Waals surface area contributed by atoms with Crippen molar-refractivity contribution in [2.45, 2.75) is 18.9 Å². The summed E-state index contributed by atoms with van der Waals surface area (Å²) < 4.78 is 0. The molecule has 0 spiro atoms. The smallest absolute Gasteiger partial charge is 0.110 e. The molecule has 2 aromatic heterocycles. The van der Waals surface area contributed by atoms with Crippen LogP contribution in [-0.2, 0) is 0 Å². The molecule has 1 unspecified atom stereocenters. The predicted octanol–water partition coefficient (Wildman–Crippen LogP) is 3.30. The minimum Gasteiger partial charge on any atom is -0.308 e. The van der Waals surface area contributed by atoms with Crippen molar-refractivity contribution in [3.05, 3.63) is 27.2 Å². The molecule has 0 aromatic carbocycles. The number of thiophene rings is 1. The van der Waals surface area contributed by atoms with Gasteiger partial charge >= 0.3 is 0 Å². The summed E-state index contributed by atoms with van der Waals surface area (Å²) >= 11 is 3.50. The summed E-state index contributed by atoms with van der Waals surface area (Å²) in [7, 11) is 0. The van der Waals surface area contributed by atoms with Gasteiger partial charge in [-0.3, -0.25) is 0 Å². The monoisotopic (exact) mass is 236 g/mol. The van der Waals surface area contributed by atoms with E-state index in [1.54, 1.807) is 22.7 Å². The molecule has 78 valence electrons. The maximum Gasteiger partial charge on any atom is 0.110 e. The first-order valence-corrected chi connectivity index (χ1v) is 6.97. The summed E-state index contributed by atoms with van der Waals surface area (Å²) in [4.78, 5) is 4.70. The van der Waals surface area contributed by atoms with Gasteiger partial charge in [0.05, 0.1) is 11.7 Å². The molecule has 1 saturated heterocycles. The average Bonchev–Trinajstić information content (AvgIpc) is 3.02. The molecule has 0 bridgehead atoms. The van der Waals surface area contributed by atoms with E-state index in [-0.39, 0.29) is 0 Å². The molecule has 1 aliphatic heterocycles. The highest BCUT2D eigenvalue weighted by Gasteiger charge is 2.19. The van der Waals surface area contributed by atoms with Crippen LogP contribution in [0, 0.1) is 0 Å². The molecule has 2 aromatic rings. The quantitative estimate of drug-likeness (QED) is 0.865. The van der Waals surface area contributed by atoms with Gasteiger partial charge in [-0.25, -0.2) is 4.98 Å². The van der Waals surface area contributed by atoms with Crippen molar-refractivity contribution in [1.29, 1.82) is 0 Å². The molecule has 1 aliphatic rings. The van der Waals surface area contributed by atoms with E-state index in [4.69, 9.17) is 4.98 Å². The minimum absolute atomic E-state index is 0.502. The Labute approximate surface area is 97.0 Å². The fraction of sp³-hybridized carbons (Fsp3) is 0.364. The maximum absolute atomic E-state index is 4.70. The normalized spacial score (nSPS) is 20.9. The predicted molar refractivity (Wildman–Crippen MR) is 65.4 cm³/mol. The van der Waals surface area contributed by atoms with E-state index in [0.29, 0.717) is 6.04 Å². The van der Waals surface area contributed by atoms with Crippen molar-refractivity contribution in [2.75, 3.05) is 6.54 Å². The Hall–Kier alpha value is -0.710. The van der Waals surface area contributed by atoms with Gasteiger partial charge in [-0.15, -0.1) is 11.3 Å². The zero-order valence-electron chi connectivity index (χ0n) is 8.27. The van der Waals surface area contributed by atoms with Gasteiger partial charge in [-0.1, -0.05) is 0 Å². The largest absolute Gasteiger partial charge is 0.308 e. The third-order valence-electron chi connectivity index (χ3n) is 2.70. The van der Waals surface area contributed by atoms with Crippen LogP contribution in [0.1, 0.15) is 23.9 Å². The summed E-state index contributed by atoms with van der Waals surface area (Å²) in [5.74, 6) is 0. The Morgan fingerprint density at radius 1 is 1.40 bits per heavy atom. The molecule has 1 atom stereocenters. The maximum atomic E-state index is 4.70. The molecule has 1 N–H and O–H groups in total. The van der Waals surface area contributed by atoms with Crippen LogP contribution in [0.5, 0.6) is 0 Å². The van der Waals surface area contributed by atoms with Gasteiger partial charge in [0, 0.05) is 16.3 Å². The van der Waals surface area contributed by atoms with Gasteiger partial charge in [0.15, 0.2) is 0 Å².